The number of aromatic nitrogens is 1. The molecule has 0 aliphatic rings. The fraction of sp³-hybridized carbons (Fsp3) is 0.538. The van der Waals surface area contributed by atoms with Gasteiger partial charge in [0, 0.05) is 12.6 Å². The minimum Gasteiger partial charge on any atom is -0.353 e. The van der Waals surface area contributed by atoms with E-state index in [1.165, 1.54) is 0 Å². The Morgan fingerprint density at radius 3 is 2.75 bits per heavy atom. The monoisotopic (exact) mass is 299 g/mol. The van der Waals surface area contributed by atoms with E-state index in [-0.39, 0.29) is 11.9 Å². The first-order valence-electron chi connectivity index (χ1n) is 6.60. The Labute approximate surface area is 124 Å². The van der Waals surface area contributed by atoms with Gasteiger partial charge in [-0.2, -0.15) is 0 Å². The van der Waals surface area contributed by atoms with Crippen LogP contribution in [0.2, 0.25) is 5.02 Å². The number of hydrazine groups is 1. The average molecular weight is 300 g/mol. The first-order chi connectivity index (χ1) is 9.46. The van der Waals surface area contributed by atoms with Gasteiger partial charge in [0.25, 0.3) is 0 Å². The first-order valence-corrected chi connectivity index (χ1v) is 6.97. The third kappa shape index (κ3) is 5.32. The van der Waals surface area contributed by atoms with Crippen molar-refractivity contribution in [1.82, 2.24) is 15.2 Å². The largest absolute Gasteiger partial charge is 0.353 e. The van der Waals surface area contributed by atoms with Gasteiger partial charge in [0.2, 0.25) is 5.91 Å². The highest BCUT2D eigenvalue weighted by molar-refractivity contribution is 6.31. The Kier molecular flexibility index (Phi) is 6.70. The molecule has 1 aromatic rings. The zero-order chi connectivity index (χ0) is 15.1. The van der Waals surface area contributed by atoms with E-state index in [1.54, 1.807) is 12.1 Å². The number of pyridine rings is 1. The number of likely N-dealkylation sites (N-methyl/N-ethyl adjacent to an activating group) is 1. The Morgan fingerprint density at radius 2 is 2.20 bits per heavy atom. The number of halogens is 1. The second kappa shape index (κ2) is 8.04. The fourth-order valence-corrected chi connectivity index (χ4v) is 1.90. The molecule has 0 unspecified atom stereocenters. The summed E-state index contributed by atoms with van der Waals surface area (Å²) in [5.41, 5.74) is 3.18. The van der Waals surface area contributed by atoms with E-state index in [0.717, 1.165) is 6.54 Å². The molecule has 112 valence electrons. The van der Waals surface area contributed by atoms with Gasteiger partial charge >= 0.3 is 0 Å². The van der Waals surface area contributed by atoms with Crippen molar-refractivity contribution in [2.45, 2.75) is 33.4 Å². The topological polar surface area (TPSA) is 83.3 Å². The lowest BCUT2D eigenvalue weighted by Gasteiger charge is -2.21. The van der Waals surface area contributed by atoms with Gasteiger partial charge in [-0.1, -0.05) is 18.5 Å². The molecule has 0 radical (unpaired) electrons. The summed E-state index contributed by atoms with van der Waals surface area (Å²) >= 11 is 6.12. The van der Waals surface area contributed by atoms with E-state index in [4.69, 9.17) is 17.4 Å². The van der Waals surface area contributed by atoms with Gasteiger partial charge in [-0.05, 0) is 32.5 Å². The lowest BCUT2D eigenvalue weighted by Crippen LogP contribution is -2.39. The number of hydrogen-bond acceptors (Lipinski definition) is 5. The minimum absolute atomic E-state index is 0.00826. The van der Waals surface area contributed by atoms with Crippen molar-refractivity contribution in [3.63, 3.8) is 0 Å². The van der Waals surface area contributed by atoms with Crippen molar-refractivity contribution in [2.24, 2.45) is 5.84 Å². The lowest BCUT2D eigenvalue weighted by atomic mass is 10.3. The van der Waals surface area contributed by atoms with Crippen LogP contribution in [-0.2, 0) is 11.3 Å². The molecule has 0 aliphatic carbocycles. The van der Waals surface area contributed by atoms with Crippen LogP contribution in [0.15, 0.2) is 12.1 Å². The van der Waals surface area contributed by atoms with Crippen LogP contribution in [0.3, 0.4) is 0 Å². The number of rotatable bonds is 7. The summed E-state index contributed by atoms with van der Waals surface area (Å²) in [5, 5.41) is 3.43. The maximum Gasteiger partial charge on any atom is 0.234 e. The van der Waals surface area contributed by atoms with Crippen LogP contribution >= 0.6 is 11.6 Å². The van der Waals surface area contributed by atoms with Crippen LogP contribution < -0.4 is 16.6 Å². The van der Waals surface area contributed by atoms with E-state index in [0.29, 0.717) is 29.6 Å². The van der Waals surface area contributed by atoms with Crippen LogP contribution in [0.5, 0.6) is 0 Å². The maximum atomic E-state index is 11.8. The summed E-state index contributed by atoms with van der Waals surface area (Å²) in [5.74, 6) is 5.87. The predicted octanol–water partition coefficient (Wildman–Crippen LogP) is 1.37. The highest BCUT2D eigenvalue weighted by Gasteiger charge is 2.13. The third-order valence-corrected chi connectivity index (χ3v) is 3.05. The molecular formula is C13H22ClN5O. The van der Waals surface area contributed by atoms with E-state index in [2.05, 4.69) is 15.7 Å². The molecular weight excluding hydrogens is 278 g/mol. The van der Waals surface area contributed by atoms with Gasteiger partial charge in [-0.3, -0.25) is 9.69 Å². The molecule has 0 aromatic carbocycles. The molecule has 1 rings (SSSR count). The summed E-state index contributed by atoms with van der Waals surface area (Å²) in [6, 6.07) is 3.57. The number of anilines is 1. The molecule has 1 aromatic heterocycles. The summed E-state index contributed by atoms with van der Waals surface area (Å²) in [6.07, 6.45) is 0. The summed E-state index contributed by atoms with van der Waals surface area (Å²) in [6.45, 7) is 7.39. The van der Waals surface area contributed by atoms with E-state index < -0.39 is 0 Å². The molecule has 4 N–H and O–H groups in total. The van der Waals surface area contributed by atoms with Crippen LogP contribution in [0.25, 0.3) is 0 Å². The number of nitrogens with one attached hydrogen (secondary N) is 2. The van der Waals surface area contributed by atoms with E-state index in [9.17, 15) is 4.79 Å². The molecule has 7 heteroatoms. The van der Waals surface area contributed by atoms with Gasteiger partial charge in [-0.15, -0.1) is 0 Å². The molecule has 0 spiro atoms. The van der Waals surface area contributed by atoms with E-state index in [1.807, 2.05) is 25.7 Å². The highest BCUT2D eigenvalue weighted by Crippen LogP contribution is 2.17. The zero-order valence-corrected chi connectivity index (χ0v) is 12.9. The lowest BCUT2D eigenvalue weighted by molar-refractivity contribution is -0.122. The number of nitrogens with zero attached hydrogens (tertiary/aromatic N) is 2. The Balaban J connectivity index is 2.70. The number of nitrogen functional groups attached to an aromatic ring is 1. The molecule has 1 heterocycles. The molecule has 1 amide bonds. The second-order valence-corrected chi connectivity index (χ2v) is 5.20. The molecule has 0 atom stereocenters. The first kappa shape index (κ1) is 16.7. The van der Waals surface area contributed by atoms with Crippen LogP contribution in [-0.4, -0.2) is 34.9 Å². The Morgan fingerprint density at radius 1 is 1.50 bits per heavy atom. The van der Waals surface area contributed by atoms with Crippen LogP contribution in [0.4, 0.5) is 5.82 Å². The molecule has 0 aliphatic heterocycles. The van der Waals surface area contributed by atoms with Gasteiger partial charge in [0.1, 0.15) is 5.82 Å². The number of amides is 1. The smallest absolute Gasteiger partial charge is 0.234 e. The molecule has 0 saturated carbocycles. The molecule has 20 heavy (non-hydrogen) atoms. The number of carbonyl (C=O) groups is 1. The quantitative estimate of drug-likeness (QED) is 0.523. The SMILES string of the molecule is CCN(CC(=O)NC(C)C)Cc1nc(NN)ccc1Cl. The van der Waals surface area contributed by atoms with Crippen molar-refractivity contribution in [3.05, 3.63) is 22.8 Å². The minimum atomic E-state index is -0.00826. The summed E-state index contributed by atoms with van der Waals surface area (Å²) in [7, 11) is 0. The van der Waals surface area contributed by atoms with Gasteiger partial charge in [0.05, 0.1) is 17.3 Å². The average Bonchev–Trinajstić information content (AvgIpc) is 2.39. The van der Waals surface area contributed by atoms with Crippen molar-refractivity contribution in [2.75, 3.05) is 18.5 Å². The van der Waals surface area contributed by atoms with E-state index >= 15 is 0 Å². The standard InChI is InChI=1S/C13H22ClN5O/c1-4-19(8-13(20)16-9(2)3)7-11-10(14)5-6-12(17-11)18-15/h5-6,9H,4,7-8,15H2,1-3H3,(H,16,20)(H,17,18). The Hall–Kier alpha value is -1.37. The Bertz CT molecular complexity index is 452. The zero-order valence-electron chi connectivity index (χ0n) is 12.1. The van der Waals surface area contributed by atoms with Crippen LogP contribution in [0.1, 0.15) is 26.5 Å². The number of hydrogen-bond donors (Lipinski definition) is 3. The highest BCUT2D eigenvalue weighted by atomic mass is 35.5. The summed E-state index contributed by atoms with van der Waals surface area (Å²) < 4.78 is 0. The summed E-state index contributed by atoms with van der Waals surface area (Å²) in [4.78, 5) is 18.1. The van der Waals surface area contributed by atoms with Gasteiger partial charge < -0.3 is 10.7 Å². The molecule has 0 bridgehead atoms. The van der Waals surface area contributed by atoms with Crippen molar-refractivity contribution >= 4 is 23.3 Å². The molecule has 6 nitrogen and oxygen atoms in total. The van der Waals surface area contributed by atoms with Crippen molar-refractivity contribution < 1.29 is 4.79 Å². The second-order valence-electron chi connectivity index (χ2n) is 4.79. The predicted molar refractivity (Wildman–Crippen MR) is 81.3 cm³/mol. The number of nitrogens with two attached hydrogens (primary N) is 1. The van der Waals surface area contributed by atoms with Crippen LogP contribution in [0, 0.1) is 0 Å². The number of carbonyl (C=O) groups excluding carboxylic acids is 1. The third-order valence-electron chi connectivity index (χ3n) is 2.70. The normalized spacial score (nSPS) is 10.9. The van der Waals surface area contributed by atoms with Gasteiger partial charge in [0.15, 0.2) is 0 Å². The van der Waals surface area contributed by atoms with Crippen molar-refractivity contribution in [3.8, 4) is 0 Å². The van der Waals surface area contributed by atoms with Gasteiger partial charge in [-0.25, -0.2) is 10.8 Å². The molecule has 0 saturated heterocycles. The maximum absolute atomic E-state index is 11.8. The fourth-order valence-electron chi connectivity index (χ4n) is 1.74. The molecule has 0 fully saturated rings. The van der Waals surface area contributed by atoms with Crippen molar-refractivity contribution in [1.29, 1.82) is 0 Å².